The Balaban J connectivity index is 2.64. The van der Waals surface area contributed by atoms with Gasteiger partial charge in [0.15, 0.2) is 0 Å². The molecule has 0 unspecified atom stereocenters. The SMILES string of the molecule is Cc1cc(Cl)ccc1CN[C@H](CC(C)C)C(=O)O. The zero-order valence-electron chi connectivity index (χ0n) is 11.0. The Morgan fingerprint density at radius 2 is 2.11 bits per heavy atom. The third kappa shape index (κ3) is 4.67. The van der Waals surface area contributed by atoms with Crippen molar-refractivity contribution in [1.29, 1.82) is 0 Å². The van der Waals surface area contributed by atoms with E-state index in [0.29, 0.717) is 23.9 Å². The molecule has 0 aliphatic carbocycles. The van der Waals surface area contributed by atoms with Crippen LogP contribution >= 0.6 is 11.6 Å². The first-order chi connectivity index (χ1) is 8.40. The summed E-state index contributed by atoms with van der Waals surface area (Å²) in [4.78, 5) is 11.1. The third-order valence-electron chi connectivity index (χ3n) is 2.85. The topological polar surface area (TPSA) is 49.3 Å². The molecule has 0 bridgehead atoms. The number of hydrogen-bond donors (Lipinski definition) is 2. The summed E-state index contributed by atoms with van der Waals surface area (Å²) in [6, 6.07) is 5.14. The maximum absolute atomic E-state index is 11.1. The molecule has 4 heteroatoms. The molecule has 0 aliphatic heterocycles. The second-order valence-corrected chi connectivity index (χ2v) is 5.41. The fraction of sp³-hybridized carbons (Fsp3) is 0.500. The number of rotatable bonds is 6. The third-order valence-corrected chi connectivity index (χ3v) is 3.08. The summed E-state index contributed by atoms with van der Waals surface area (Å²) >= 11 is 5.88. The fourth-order valence-corrected chi connectivity index (χ4v) is 2.06. The van der Waals surface area contributed by atoms with Gasteiger partial charge in [0, 0.05) is 11.6 Å². The van der Waals surface area contributed by atoms with Crippen LogP contribution in [0.3, 0.4) is 0 Å². The highest BCUT2D eigenvalue weighted by atomic mass is 35.5. The van der Waals surface area contributed by atoms with Gasteiger partial charge in [0.1, 0.15) is 6.04 Å². The predicted octanol–water partition coefficient (Wildman–Crippen LogP) is 3.24. The van der Waals surface area contributed by atoms with Crippen molar-refractivity contribution in [3.63, 3.8) is 0 Å². The Bertz CT molecular complexity index is 418. The van der Waals surface area contributed by atoms with Crippen LogP contribution in [0.1, 0.15) is 31.4 Å². The number of aliphatic carboxylic acids is 1. The van der Waals surface area contributed by atoms with Gasteiger partial charge in [-0.15, -0.1) is 0 Å². The van der Waals surface area contributed by atoms with Crippen molar-refractivity contribution in [3.05, 3.63) is 34.3 Å². The molecular formula is C14H20ClNO2. The first kappa shape index (κ1) is 15.0. The monoisotopic (exact) mass is 269 g/mol. The number of nitrogens with one attached hydrogen (secondary N) is 1. The maximum atomic E-state index is 11.1. The molecule has 0 saturated carbocycles. The van der Waals surface area contributed by atoms with Crippen LogP contribution < -0.4 is 5.32 Å². The van der Waals surface area contributed by atoms with Gasteiger partial charge in [-0.3, -0.25) is 4.79 Å². The van der Waals surface area contributed by atoms with Crippen molar-refractivity contribution >= 4 is 17.6 Å². The first-order valence-corrected chi connectivity index (χ1v) is 6.49. The highest BCUT2D eigenvalue weighted by molar-refractivity contribution is 6.30. The number of halogens is 1. The Morgan fingerprint density at radius 1 is 1.44 bits per heavy atom. The van der Waals surface area contributed by atoms with Gasteiger partial charge in [-0.1, -0.05) is 31.5 Å². The van der Waals surface area contributed by atoms with Gasteiger partial charge in [0.05, 0.1) is 0 Å². The summed E-state index contributed by atoms with van der Waals surface area (Å²) in [7, 11) is 0. The van der Waals surface area contributed by atoms with E-state index in [1.165, 1.54) is 0 Å². The lowest BCUT2D eigenvalue weighted by atomic mass is 10.0. The number of carboxylic acids is 1. The van der Waals surface area contributed by atoms with Gasteiger partial charge in [0.2, 0.25) is 0 Å². The van der Waals surface area contributed by atoms with E-state index in [9.17, 15) is 4.79 Å². The Morgan fingerprint density at radius 3 is 2.61 bits per heavy atom. The van der Waals surface area contributed by atoms with Gasteiger partial charge in [-0.05, 0) is 42.5 Å². The average molecular weight is 270 g/mol. The van der Waals surface area contributed by atoms with Crippen LogP contribution in [0, 0.1) is 12.8 Å². The summed E-state index contributed by atoms with van der Waals surface area (Å²) in [6.45, 7) is 6.56. The van der Waals surface area contributed by atoms with Gasteiger partial charge >= 0.3 is 5.97 Å². The zero-order chi connectivity index (χ0) is 13.7. The minimum absolute atomic E-state index is 0.352. The largest absolute Gasteiger partial charge is 0.480 e. The zero-order valence-corrected chi connectivity index (χ0v) is 11.8. The van der Waals surface area contributed by atoms with E-state index in [4.69, 9.17) is 16.7 Å². The molecule has 1 atom stereocenters. The number of carboxylic acid groups (broad SMARTS) is 1. The van der Waals surface area contributed by atoms with Crippen LogP contribution in [0.5, 0.6) is 0 Å². The summed E-state index contributed by atoms with van der Waals surface area (Å²) < 4.78 is 0. The summed E-state index contributed by atoms with van der Waals surface area (Å²) in [5.74, 6) is -0.444. The van der Waals surface area contributed by atoms with E-state index >= 15 is 0 Å². The predicted molar refractivity (Wildman–Crippen MR) is 73.9 cm³/mol. The molecule has 0 radical (unpaired) electrons. The Kier molecular flexibility index (Phi) is 5.63. The van der Waals surface area contributed by atoms with Crippen molar-refractivity contribution in [2.75, 3.05) is 0 Å². The molecule has 0 spiro atoms. The van der Waals surface area contributed by atoms with Crippen molar-refractivity contribution in [1.82, 2.24) is 5.32 Å². The molecular weight excluding hydrogens is 250 g/mol. The summed E-state index contributed by atoms with van der Waals surface area (Å²) in [6.07, 6.45) is 0.627. The standard InChI is InChI=1S/C14H20ClNO2/c1-9(2)6-13(14(17)18)16-8-11-4-5-12(15)7-10(11)3/h4-5,7,9,13,16H,6,8H2,1-3H3,(H,17,18)/t13-/m1/s1. The maximum Gasteiger partial charge on any atom is 0.320 e. The minimum atomic E-state index is -0.796. The molecule has 0 heterocycles. The van der Waals surface area contributed by atoms with Gasteiger partial charge in [-0.25, -0.2) is 0 Å². The second kappa shape index (κ2) is 6.76. The number of carbonyl (C=O) groups is 1. The Labute approximate surface area is 113 Å². The molecule has 1 aromatic rings. The molecule has 0 aliphatic rings. The van der Waals surface area contributed by atoms with Crippen LogP contribution in [0.4, 0.5) is 0 Å². The van der Waals surface area contributed by atoms with Gasteiger partial charge < -0.3 is 10.4 Å². The van der Waals surface area contributed by atoms with E-state index in [1.54, 1.807) is 0 Å². The fourth-order valence-electron chi connectivity index (χ4n) is 1.83. The molecule has 18 heavy (non-hydrogen) atoms. The molecule has 1 aromatic carbocycles. The van der Waals surface area contributed by atoms with Gasteiger partial charge in [-0.2, -0.15) is 0 Å². The molecule has 0 amide bonds. The van der Waals surface area contributed by atoms with E-state index in [-0.39, 0.29) is 0 Å². The highest BCUT2D eigenvalue weighted by Gasteiger charge is 2.18. The lowest BCUT2D eigenvalue weighted by molar-refractivity contribution is -0.140. The lowest BCUT2D eigenvalue weighted by Crippen LogP contribution is -2.37. The first-order valence-electron chi connectivity index (χ1n) is 6.11. The average Bonchev–Trinajstić information content (AvgIpc) is 2.25. The molecule has 1 rings (SSSR count). The smallest absolute Gasteiger partial charge is 0.320 e. The quantitative estimate of drug-likeness (QED) is 0.834. The summed E-state index contributed by atoms with van der Waals surface area (Å²) in [5, 5.41) is 12.9. The van der Waals surface area contributed by atoms with Crippen LogP contribution in [0.25, 0.3) is 0 Å². The van der Waals surface area contributed by atoms with Crippen LogP contribution in [-0.2, 0) is 11.3 Å². The molecule has 100 valence electrons. The Hall–Kier alpha value is -1.06. The molecule has 0 fully saturated rings. The number of hydrogen-bond acceptors (Lipinski definition) is 2. The van der Waals surface area contributed by atoms with Crippen molar-refractivity contribution in [2.45, 2.75) is 39.8 Å². The summed E-state index contributed by atoms with van der Waals surface area (Å²) in [5.41, 5.74) is 2.15. The molecule has 3 nitrogen and oxygen atoms in total. The van der Waals surface area contributed by atoms with E-state index in [1.807, 2.05) is 39.0 Å². The van der Waals surface area contributed by atoms with Crippen molar-refractivity contribution < 1.29 is 9.90 Å². The van der Waals surface area contributed by atoms with E-state index in [2.05, 4.69) is 5.32 Å². The molecule has 0 saturated heterocycles. The second-order valence-electron chi connectivity index (χ2n) is 4.97. The number of aryl methyl sites for hydroxylation is 1. The van der Waals surface area contributed by atoms with Crippen LogP contribution in [0.2, 0.25) is 5.02 Å². The van der Waals surface area contributed by atoms with Crippen LogP contribution in [0.15, 0.2) is 18.2 Å². The lowest BCUT2D eigenvalue weighted by Gasteiger charge is -2.17. The van der Waals surface area contributed by atoms with E-state index < -0.39 is 12.0 Å². The highest BCUT2D eigenvalue weighted by Crippen LogP contribution is 2.15. The van der Waals surface area contributed by atoms with Crippen molar-refractivity contribution in [2.24, 2.45) is 5.92 Å². The number of benzene rings is 1. The molecule has 2 N–H and O–H groups in total. The normalized spacial score (nSPS) is 12.7. The van der Waals surface area contributed by atoms with Crippen LogP contribution in [-0.4, -0.2) is 17.1 Å². The van der Waals surface area contributed by atoms with Gasteiger partial charge in [0.25, 0.3) is 0 Å². The van der Waals surface area contributed by atoms with E-state index in [0.717, 1.165) is 11.1 Å². The van der Waals surface area contributed by atoms with Crippen molar-refractivity contribution in [3.8, 4) is 0 Å². The molecule has 0 aromatic heterocycles. The minimum Gasteiger partial charge on any atom is -0.480 e.